The van der Waals surface area contributed by atoms with E-state index >= 15 is 0 Å². The Kier molecular flexibility index (Phi) is 3.17. The molecule has 4 nitrogen and oxygen atoms in total. The molecule has 0 N–H and O–H groups in total. The van der Waals surface area contributed by atoms with Gasteiger partial charge in [-0.3, -0.25) is 10.1 Å². The largest absolute Gasteiger partial charge is 0.573 e. The van der Waals surface area contributed by atoms with E-state index < -0.39 is 17.0 Å². The number of nitro groups is 1. The van der Waals surface area contributed by atoms with Crippen LogP contribution in [-0.2, 0) is 0 Å². The molecule has 0 aromatic heterocycles. The summed E-state index contributed by atoms with van der Waals surface area (Å²) in [5.41, 5.74) is -0.365. The molecule has 1 aromatic carbocycles. The SMILES string of the molecule is C=Cc1cc(OC(F)(F)F)ccc1[N+](=O)[O-]. The number of alkyl halides is 3. The number of nitrogens with zero attached hydrogens (tertiary/aromatic N) is 1. The lowest BCUT2D eigenvalue weighted by Gasteiger charge is -2.09. The minimum atomic E-state index is -4.82. The van der Waals surface area contributed by atoms with Crippen LogP contribution >= 0.6 is 0 Å². The lowest BCUT2D eigenvalue weighted by Crippen LogP contribution is -2.17. The summed E-state index contributed by atoms with van der Waals surface area (Å²) in [6.07, 6.45) is -3.74. The van der Waals surface area contributed by atoms with Crippen molar-refractivity contribution < 1.29 is 22.8 Å². The fourth-order valence-electron chi connectivity index (χ4n) is 1.06. The van der Waals surface area contributed by atoms with Gasteiger partial charge in [0, 0.05) is 6.07 Å². The number of benzene rings is 1. The summed E-state index contributed by atoms with van der Waals surface area (Å²) >= 11 is 0. The van der Waals surface area contributed by atoms with Crippen molar-refractivity contribution in [1.29, 1.82) is 0 Å². The van der Waals surface area contributed by atoms with Crippen LogP contribution in [-0.4, -0.2) is 11.3 Å². The molecule has 1 rings (SSSR count). The maximum atomic E-state index is 11.9. The first-order valence-electron chi connectivity index (χ1n) is 4.00. The Balaban J connectivity index is 3.09. The van der Waals surface area contributed by atoms with Crippen molar-refractivity contribution in [2.75, 3.05) is 0 Å². The molecule has 0 unspecified atom stereocenters. The Hall–Kier alpha value is -2.05. The molecule has 0 fully saturated rings. The van der Waals surface area contributed by atoms with Crippen LogP contribution in [0.4, 0.5) is 18.9 Å². The van der Waals surface area contributed by atoms with E-state index in [4.69, 9.17) is 0 Å². The fourth-order valence-corrected chi connectivity index (χ4v) is 1.06. The highest BCUT2D eigenvalue weighted by Crippen LogP contribution is 2.28. The normalized spacial score (nSPS) is 10.9. The monoisotopic (exact) mass is 233 g/mol. The second-order valence-electron chi connectivity index (χ2n) is 2.73. The van der Waals surface area contributed by atoms with Gasteiger partial charge in [-0.05, 0) is 12.1 Å². The Morgan fingerprint density at radius 2 is 2.06 bits per heavy atom. The van der Waals surface area contributed by atoms with Gasteiger partial charge in [0.05, 0.1) is 10.5 Å². The zero-order valence-corrected chi connectivity index (χ0v) is 7.82. The number of halogens is 3. The van der Waals surface area contributed by atoms with Crippen LogP contribution in [0.3, 0.4) is 0 Å². The summed E-state index contributed by atoms with van der Waals surface area (Å²) in [6, 6.07) is 2.70. The third kappa shape index (κ3) is 2.97. The Morgan fingerprint density at radius 1 is 1.44 bits per heavy atom. The van der Waals surface area contributed by atoms with E-state index in [1.54, 1.807) is 0 Å². The molecule has 16 heavy (non-hydrogen) atoms. The minimum Gasteiger partial charge on any atom is -0.406 e. The maximum absolute atomic E-state index is 11.9. The number of hydrogen-bond donors (Lipinski definition) is 0. The summed E-state index contributed by atoms with van der Waals surface area (Å²) in [4.78, 5) is 9.76. The van der Waals surface area contributed by atoms with Crippen LogP contribution in [0.1, 0.15) is 5.56 Å². The average Bonchev–Trinajstić information content (AvgIpc) is 2.14. The van der Waals surface area contributed by atoms with E-state index in [0.717, 1.165) is 24.3 Å². The van der Waals surface area contributed by atoms with Gasteiger partial charge < -0.3 is 4.74 Å². The molecule has 0 atom stereocenters. The van der Waals surface area contributed by atoms with Crippen LogP contribution in [0.15, 0.2) is 24.8 Å². The first-order valence-corrected chi connectivity index (χ1v) is 4.00. The lowest BCUT2D eigenvalue weighted by atomic mass is 10.1. The summed E-state index contributed by atoms with van der Waals surface area (Å²) in [7, 11) is 0. The summed E-state index contributed by atoms with van der Waals surface area (Å²) < 4.78 is 39.2. The van der Waals surface area contributed by atoms with E-state index in [1.807, 2.05) is 0 Å². The van der Waals surface area contributed by atoms with E-state index in [-0.39, 0.29) is 11.3 Å². The highest BCUT2D eigenvalue weighted by atomic mass is 19.4. The molecule has 0 amide bonds. The Labute approximate surface area is 88.1 Å². The predicted molar refractivity (Wildman–Crippen MR) is 49.9 cm³/mol. The van der Waals surface area contributed by atoms with Gasteiger partial charge in [0.25, 0.3) is 5.69 Å². The zero-order valence-electron chi connectivity index (χ0n) is 7.82. The number of nitro benzene ring substituents is 1. The van der Waals surface area contributed by atoms with Crippen LogP contribution in [0.5, 0.6) is 5.75 Å². The van der Waals surface area contributed by atoms with E-state index in [0.29, 0.717) is 0 Å². The molecule has 0 spiro atoms. The third-order valence-corrected chi connectivity index (χ3v) is 1.65. The zero-order chi connectivity index (χ0) is 12.3. The fraction of sp³-hybridized carbons (Fsp3) is 0.111. The van der Waals surface area contributed by atoms with Gasteiger partial charge in [0.2, 0.25) is 0 Å². The summed E-state index contributed by atoms with van der Waals surface area (Å²) in [5.74, 6) is -0.520. The molecule has 0 aliphatic rings. The van der Waals surface area contributed by atoms with Gasteiger partial charge in [-0.1, -0.05) is 12.7 Å². The van der Waals surface area contributed by atoms with Crippen molar-refractivity contribution in [3.63, 3.8) is 0 Å². The number of hydrogen-bond acceptors (Lipinski definition) is 3. The van der Waals surface area contributed by atoms with Gasteiger partial charge in [-0.15, -0.1) is 13.2 Å². The van der Waals surface area contributed by atoms with Crippen molar-refractivity contribution in [3.8, 4) is 5.75 Å². The van der Waals surface area contributed by atoms with Gasteiger partial charge in [-0.25, -0.2) is 0 Å². The van der Waals surface area contributed by atoms with Crippen molar-refractivity contribution in [2.45, 2.75) is 6.36 Å². The summed E-state index contributed by atoms with van der Waals surface area (Å²) in [5, 5.41) is 10.5. The first kappa shape index (κ1) is 12.0. The van der Waals surface area contributed by atoms with Crippen molar-refractivity contribution in [2.24, 2.45) is 0 Å². The van der Waals surface area contributed by atoms with Crippen molar-refractivity contribution >= 4 is 11.8 Å². The molecule has 0 saturated carbocycles. The topological polar surface area (TPSA) is 52.4 Å². The average molecular weight is 233 g/mol. The highest BCUT2D eigenvalue weighted by Gasteiger charge is 2.31. The molecular formula is C9H6F3NO3. The minimum absolute atomic E-state index is 0.0354. The molecule has 0 aliphatic heterocycles. The second-order valence-corrected chi connectivity index (χ2v) is 2.73. The maximum Gasteiger partial charge on any atom is 0.573 e. The van der Waals surface area contributed by atoms with Gasteiger partial charge >= 0.3 is 6.36 Å². The predicted octanol–water partition coefficient (Wildman–Crippen LogP) is 3.14. The van der Waals surface area contributed by atoms with E-state index in [2.05, 4.69) is 11.3 Å². The molecule has 86 valence electrons. The van der Waals surface area contributed by atoms with Crippen LogP contribution in [0.25, 0.3) is 6.08 Å². The van der Waals surface area contributed by atoms with Crippen LogP contribution in [0.2, 0.25) is 0 Å². The number of ether oxygens (including phenoxy) is 1. The molecule has 1 aromatic rings. The second kappa shape index (κ2) is 4.21. The molecular weight excluding hydrogens is 227 g/mol. The highest BCUT2D eigenvalue weighted by molar-refractivity contribution is 5.61. The first-order chi connectivity index (χ1) is 7.33. The Morgan fingerprint density at radius 3 is 2.50 bits per heavy atom. The van der Waals surface area contributed by atoms with E-state index in [1.165, 1.54) is 0 Å². The summed E-state index contributed by atoms with van der Waals surface area (Å²) in [6.45, 7) is 3.27. The molecule has 7 heteroatoms. The van der Waals surface area contributed by atoms with Gasteiger partial charge in [-0.2, -0.15) is 0 Å². The van der Waals surface area contributed by atoms with Crippen molar-refractivity contribution in [1.82, 2.24) is 0 Å². The lowest BCUT2D eigenvalue weighted by molar-refractivity contribution is -0.385. The molecule has 0 bridgehead atoms. The van der Waals surface area contributed by atoms with Gasteiger partial charge in [0.15, 0.2) is 0 Å². The number of rotatable bonds is 3. The van der Waals surface area contributed by atoms with Crippen LogP contribution in [0, 0.1) is 10.1 Å². The van der Waals surface area contributed by atoms with Crippen molar-refractivity contribution in [3.05, 3.63) is 40.5 Å². The molecule has 0 saturated heterocycles. The Bertz CT molecular complexity index is 428. The van der Waals surface area contributed by atoms with Crippen LogP contribution < -0.4 is 4.74 Å². The molecule has 0 heterocycles. The third-order valence-electron chi connectivity index (χ3n) is 1.65. The standard InChI is InChI=1S/C9H6F3NO3/c1-2-6-5-7(16-9(10,11)12)3-4-8(6)13(14)15/h2-5H,1H2. The molecule has 0 aliphatic carbocycles. The molecule has 0 radical (unpaired) electrons. The smallest absolute Gasteiger partial charge is 0.406 e. The van der Waals surface area contributed by atoms with E-state index in [9.17, 15) is 23.3 Å². The quantitative estimate of drug-likeness (QED) is 0.595. The van der Waals surface area contributed by atoms with Gasteiger partial charge in [0.1, 0.15) is 5.75 Å².